The SMILES string of the molecule is CC(CC(=O)O)S(=O)(=O)CCc1ccnn1C. The van der Waals surface area contributed by atoms with E-state index in [9.17, 15) is 13.2 Å². The summed E-state index contributed by atoms with van der Waals surface area (Å²) < 4.78 is 25.2. The van der Waals surface area contributed by atoms with Gasteiger partial charge in [-0.1, -0.05) is 0 Å². The summed E-state index contributed by atoms with van der Waals surface area (Å²) in [6.45, 7) is 1.42. The van der Waals surface area contributed by atoms with Gasteiger partial charge >= 0.3 is 5.97 Å². The second kappa shape index (κ2) is 5.31. The van der Waals surface area contributed by atoms with Gasteiger partial charge in [-0.15, -0.1) is 0 Å². The van der Waals surface area contributed by atoms with E-state index in [1.807, 2.05) is 0 Å². The van der Waals surface area contributed by atoms with Crippen molar-refractivity contribution >= 4 is 15.8 Å². The largest absolute Gasteiger partial charge is 0.481 e. The molecule has 0 fully saturated rings. The first-order valence-electron chi connectivity index (χ1n) is 5.23. The molecule has 0 aromatic carbocycles. The van der Waals surface area contributed by atoms with Crippen molar-refractivity contribution < 1.29 is 18.3 Å². The average Bonchev–Trinajstić information content (AvgIpc) is 2.60. The highest BCUT2D eigenvalue weighted by molar-refractivity contribution is 7.92. The lowest BCUT2D eigenvalue weighted by Gasteiger charge is -2.10. The fourth-order valence-electron chi connectivity index (χ4n) is 1.47. The van der Waals surface area contributed by atoms with Gasteiger partial charge in [0.2, 0.25) is 0 Å². The van der Waals surface area contributed by atoms with Crippen LogP contribution in [0, 0.1) is 0 Å². The molecule has 6 nitrogen and oxygen atoms in total. The summed E-state index contributed by atoms with van der Waals surface area (Å²) in [4.78, 5) is 10.5. The molecular formula is C10H16N2O4S. The summed E-state index contributed by atoms with van der Waals surface area (Å²) in [5, 5.41) is 11.6. The van der Waals surface area contributed by atoms with E-state index < -0.39 is 21.1 Å². The zero-order valence-electron chi connectivity index (χ0n) is 9.83. The monoisotopic (exact) mass is 260 g/mol. The third-order valence-electron chi connectivity index (χ3n) is 2.64. The number of carboxylic acid groups (broad SMARTS) is 1. The minimum atomic E-state index is -3.37. The molecule has 0 radical (unpaired) electrons. The fraction of sp³-hybridized carbons (Fsp3) is 0.600. The predicted molar refractivity (Wildman–Crippen MR) is 62.4 cm³/mol. The van der Waals surface area contributed by atoms with Crippen molar-refractivity contribution in [2.45, 2.75) is 25.0 Å². The van der Waals surface area contributed by atoms with Crippen LogP contribution in [0.1, 0.15) is 19.0 Å². The first kappa shape index (κ1) is 13.7. The van der Waals surface area contributed by atoms with Crippen LogP contribution in [0.2, 0.25) is 0 Å². The van der Waals surface area contributed by atoms with E-state index in [4.69, 9.17) is 5.11 Å². The van der Waals surface area contributed by atoms with Crippen molar-refractivity contribution in [1.29, 1.82) is 0 Å². The molecule has 0 aliphatic carbocycles. The number of hydrogen-bond acceptors (Lipinski definition) is 4. The molecule has 1 unspecified atom stereocenters. The van der Waals surface area contributed by atoms with Crippen LogP contribution in [0.4, 0.5) is 0 Å². The summed E-state index contributed by atoms with van der Waals surface area (Å²) in [5.74, 6) is -1.15. The van der Waals surface area contributed by atoms with Gasteiger partial charge in [-0.2, -0.15) is 5.10 Å². The number of sulfone groups is 1. The average molecular weight is 260 g/mol. The van der Waals surface area contributed by atoms with Crippen molar-refractivity contribution in [3.63, 3.8) is 0 Å². The fourth-order valence-corrected chi connectivity index (χ4v) is 2.76. The maximum atomic E-state index is 11.8. The maximum Gasteiger partial charge on any atom is 0.304 e. The smallest absolute Gasteiger partial charge is 0.304 e. The van der Waals surface area contributed by atoms with Crippen LogP contribution >= 0.6 is 0 Å². The van der Waals surface area contributed by atoms with Crippen LogP contribution in [0.25, 0.3) is 0 Å². The molecule has 1 atom stereocenters. The van der Waals surface area contributed by atoms with Crippen LogP contribution in [0.5, 0.6) is 0 Å². The first-order chi connectivity index (χ1) is 7.83. The van der Waals surface area contributed by atoms with Gasteiger partial charge in [0.1, 0.15) is 0 Å². The Balaban J connectivity index is 2.62. The first-order valence-corrected chi connectivity index (χ1v) is 6.94. The summed E-state index contributed by atoms with van der Waals surface area (Å²) in [7, 11) is -1.63. The Bertz CT molecular complexity index is 492. The Morgan fingerprint density at radius 2 is 2.24 bits per heavy atom. The van der Waals surface area contributed by atoms with Crippen LogP contribution in [0.15, 0.2) is 12.3 Å². The molecule has 1 heterocycles. The third-order valence-corrected chi connectivity index (χ3v) is 4.81. The standard InChI is InChI=1S/C10H16N2O4S/c1-8(7-10(13)14)17(15,16)6-4-9-3-5-11-12(9)2/h3,5,8H,4,6-7H2,1-2H3,(H,13,14). The van der Waals surface area contributed by atoms with Gasteiger partial charge < -0.3 is 5.11 Å². The predicted octanol–water partition coefficient (Wildman–Crippen LogP) is 0.241. The Morgan fingerprint density at radius 1 is 1.59 bits per heavy atom. The van der Waals surface area contributed by atoms with Crippen molar-refractivity contribution in [1.82, 2.24) is 9.78 Å². The molecule has 0 spiro atoms. The van der Waals surface area contributed by atoms with Gasteiger partial charge in [-0.25, -0.2) is 8.42 Å². The van der Waals surface area contributed by atoms with Crippen molar-refractivity contribution in [2.75, 3.05) is 5.75 Å². The number of rotatable bonds is 6. The summed E-state index contributed by atoms with van der Waals surface area (Å²) in [6, 6.07) is 1.75. The number of aliphatic carboxylic acids is 1. The van der Waals surface area contributed by atoms with E-state index in [0.717, 1.165) is 5.69 Å². The number of aryl methyl sites for hydroxylation is 2. The Hall–Kier alpha value is -1.37. The minimum absolute atomic E-state index is 0.0546. The van der Waals surface area contributed by atoms with E-state index in [-0.39, 0.29) is 12.2 Å². The second-order valence-electron chi connectivity index (χ2n) is 3.97. The summed E-state index contributed by atoms with van der Waals surface area (Å²) >= 11 is 0. The van der Waals surface area contributed by atoms with Crippen molar-refractivity contribution in [2.24, 2.45) is 7.05 Å². The van der Waals surface area contributed by atoms with Crippen LogP contribution in [-0.2, 0) is 28.1 Å². The highest BCUT2D eigenvalue weighted by atomic mass is 32.2. The number of hydrogen-bond donors (Lipinski definition) is 1. The second-order valence-corrected chi connectivity index (χ2v) is 6.51. The van der Waals surface area contributed by atoms with Gasteiger partial charge in [0, 0.05) is 25.4 Å². The molecule has 1 aromatic rings. The maximum absolute atomic E-state index is 11.8. The molecule has 0 bridgehead atoms. The van der Waals surface area contributed by atoms with E-state index in [1.54, 1.807) is 24.0 Å². The Kier molecular flexibility index (Phi) is 4.28. The summed E-state index contributed by atoms with van der Waals surface area (Å²) in [6.07, 6.45) is 1.60. The number of nitrogens with zero attached hydrogens (tertiary/aromatic N) is 2. The molecular weight excluding hydrogens is 244 g/mol. The number of carbonyl (C=O) groups is 1. The molecule has 17 heavy (non-hydrogen) atoms. The third kappa shape index (κ3) is 3.85. The minimum Gasteiger partial charge on any atom is -0.481 e. The molecule has 96 valence electrons. The lowest BCUT2D eigenvalue weighted by atomic mass is 10.3. The Labute approximate surface area is 100 Å². The Morgan fingerprint density at radius 3 is 2.71 bits per heavy atom. The normalized spacial score (nSPS) is 13.5. The topological polar surface area (TPSA) is 89.3 Å². The van der Waals surface area contributed by atoms with Crippen molar-refractivity contribution in [3.05, 3.63) is 18.0 Å². The molecule has 0 aliphatic rings. The van der Waals surface area contributed by atoms with Gasteiger partial charge in [0.25, 0.3) is 0 Å². The van der Waals surface area contributed by atoms with E-state index in [1.165, 1.54) is 6.92 Å². The highest BCUT2D eigenvalue weighted by Gasteiger charge is 2.23. The van der Waals surface area contributed by atoms with Crippen molar-refractivity contribution in [3.8, 4) is 0 Å². The number of carboxylic acids is 1. The lowest BCUT2D eigenvalue weighted by Crippen LogP contribution is -2.25. The summed E-state index contributed by atoms with van der Waals surface area (Å²) in [5.41, 5.74) is 0.816. The molecule has 0 saturated carbocycles. The lowest BCUT2D eigenvalue weighted by molar-refractivity contribution is -0.136. The molecule has 0 saturated heterocycles. The zero-order chi connectivity index (χ0) is 13.1. The van der Waals surface area contributed by atoms with Gasteiger partial charge in [0.15, 0.2) is 9.84 Å². The van der Waals surface area contributed by atoms with Crippen LogP contribution in [-0.4, -0.2) is 40.3 Å². The molecule has 0 aliphatic heterocycles. The van der Waals surface area contributed by atoms with E-state index in [2.05, 4.69) is 5.10 Å². The van der Waals surface area contributed by atoms with Gasteiger partial charge in [-0.3, -0.25) is 9.48 Å². The quantitative estimate of drug-likeness (QED) is 0.791. The molecule has 1 rings (SSSR count). The zero-order valence-corrected chi connectivity index (χ0v) is 10.6. The molecule has 0 amide bonds. The molecule has 1 aromatic heterocycles. The van der Waals surface area contributed by atoms with Gasteiger partial charge in [0.05, 0.1) is 17.4 Å². The highest BCUT2D eigenvalue weighted by Crippen LogP contribution is 2.09. The van der Waals surface area contributed by atoms with Crippen LogP contribution in [0.3, 0.4) is 0 Å². The number of aromatic nitrogens is 2. The van der Waals surface area contributed by atoms with E-state index >= 15 is 0 Å². The van der Waals surface area contributed by atoms with Gasteiger partial charge in [-0.05, 0) is 13.0 Å². The molecule has 7 heteroatoms. The van der Waals surface area contributed by atoms with E-state index in [0.29, 0.717) is 6.42 Å². The van der Waals surface area contributed by atoms with Crippen LogP contribution < -0.4 is 0 Å². The molecule has 1 N–H and O–H groups in total.